The molecule has 21 heavy (non-hydrogen) atoms. The lowest BCUT2D eigenvalue weighted by Crippen LogP contribution is -2.55. The summed E-state index contributed by atoms with van der Waals surface area (Å²) in [7, 11) is -3.34. The zero-order valence-corrected chi connectivity index (χ0v) is 13.7. The Morgan fingerprint density at radius 1 is 1.05 bits per heavy atom. The van der Waals surface area contributed by atoms with Crippen LogP contribution in [0.1, 0.15) is 44.9 Å². The molecule has 2 heterocycles. The van der Waals surface area contributed by atoms with Gasteiger partial charge in [-0.05, 0) is 44.1 Å². The average Bonchev–Trinajstić information content (AvgIpc) is 3.08. The molecule has 0 aromatic heterocycles. The number of sulfone groups is 1. The highest BCUT2D eigenvalue weighted by molar-refractivity contribution is 7.92. The van der Waals surface area contributed by atoms with E-state index >= 15 is 0 Å². The minimum atomic E-state index is -3.34. The maximum atomic E-state index is 12.9. The lowest BCUT2D eigenvalue weighted by Gasteiger charge is -2.41. The molecule has 1 N–H and O–H groups in total. The predicted octanol–water partition coefficient (Wildman–Crippen LogP) is 0.946. The van der Waals surface area contributed by atoms with E-state index in [2.05, 4.69) is 5.32 Å². The van der Waals surface area contributed by atoms with Crippen LogP contribution in [0.3, 0.4) is 0 Å². The topological polar surface area (TPSA) is 66.5 Å². The van der Waals surface area contributed by atoms with Crippen molar-refractivity contribution in [3.63, 3.8) is 0 Å². The van der Waals surface area contributed by atoms with E-state index in [9.17, 15) is 13.2 Å². The molecule has 3 fully saturated rings. The van der Waals surface area contributed by atoms with Crippen molar-refractivity contribution in [1.29, 1.82) is 0 Å². The molecule has 0 atom stereocenters. The van der Waals surface area contributed by atoms with Gasteiger partial charge < -0.3 is 10.2 Å². The van der Waals surface area contributed by atoms with Crippen molar-refractivity contribution in [3.8, 4) is 0 Å². The van der Waals surface area contributed by atoms with Crippen LogP contribution in [0.2, 0.25) is 0 Å². The maximum absolute atomic E-state index is 12.9. The SMILES string of the molecule is CS(=O)(=O)C1(C(=O)N2CCC3(CCNC3)CC2)CCCC1. The van der Waals surface area contributed by atoms with Crippen LogP contribution in [0.4, 0.5) is 0 Å². The highest BCUT2D eigenvalue weighted by atomic mass is 32.2. The van der Waals surface area contributed by atoms with E-state index in [-0.39, 0.29) is 5.91 Å². The number of piperidine rings is 1. The molecule has 1 aliphatic carbocycles. The number of nitrogens with one attached hydrogen (secondary N) is 1. The maximum Gasteiger partial charge on any atom is 0.244 e. The Balaban J connectivity index is 1.74. The zero-order valence-electron chi connectivity index (χ0n) is 12.9. The molecule has 0 radical (unpaired) electrons. The summed E-state index contributed by atoms with van der Waals surface area (Å²) in [5.41, 5.74) is 0.352. The van der Waals surface area contributed by atoms with E-state index in [1.165, 1.54) is 12.7 Å². The molecular formula is C15H26N2O3S. The van der Waals surface area contributed by atoms with Crippen molar-refractivity contribution in [2.24, 2.45) is 5.41 Å². The summed E-state index contributed by atoms with van der Waals surface area (Å²) in [6.07, 6.45) is 7.15. The molecule has 2 aliphatic heterocycles. The van der Waals surface area contributed by atoms with E-state index < -0.39 is 14.6 Å². The Morgan fingerprint density at radius 3 is 2.14 bits per heavy atom. The van der Waals surface area contributed by atoms with Gasteiger partial charge in [0.25, 0.3) is 0 Å². The average molecular weight is 314 g/mol. The van der Waals surface area contributed by atoms with E-state index in [0.717, 1.165) is 51.9 Å². The molecule has 0 aromatic rings. The van der Waals surface area contributed by atoms with Crippen molar-refractivity contribution in [2.45, 2.75) is 49.7 Å². The number of carbonyl (C=O) groups excluding carboxylic acids is 1. The third-order valence-electron chi connectivity index (χ3n) is 5.95. The second kappa shape index (κ2) is 5.23. The summed E-state index contributed by atoms with van der Waals surface area (Å²) in [5, 5.41) is 3.41. The lowest BCUT2D eigenvalue weighted by atomic mass is 9.77. The van der Waals surface area contributed by atoms with Gasteiger partial charge in [-0.1, -0.05) is 12.8 Å². The zero-order chi connectivity index (χ0) is 15.1. The number of likely N-dealkylation sites (tertiary alicyclic amines) is 1. The molecule has 1 amide bonds. The van der Waals surface area contributed by atoms with Crippen LogP contribution in [-0.4, -0.2) is 56.4 Å². The van der Waals surface area contributed by atoms with Crippen LogP contribution in [0.25, 0.3) is 0 Å². The van der Waals surface area contributed by atoms with Crippen LogP contribution in [0.15, 0.2) is 0 Å². The first-order chi connectivity index (χ1) is 9.89. The molecular weight excluding hydrogens is 288 g/mol. The summed E-state index contributed by atoms with van der Waals surface area (Å²) in [6.45, 7) is 3.56. The summed E-state index contributed by atoms with van der Waals surface area (Å²) < 4.78 is 23.3. The first-order valence-corrected chi connectivity index (χ1v) is 9.98. The molecule has 0 unspecified atom stereocenters. The van der Waals surface area contributed by atoms with Crippen LogP contribution in [0.5, 0.6) is 0 Å². The van der Waals surface area contributed by atoms with Crippen molar-refractivity contribution in [2.75, 3.05) is 32.4 Å². The van der Waals surface area contributed by atoms with E-state index in [1.807, 2.05) is 4.90 Å². The Hall–Kier alpha value is -0.620. The molecule has 0 aromatic carbocycles. The number of carbonyl (C=O) groups is 1. The summed E-state index contributed by atoms with van der Waals surface area (Å²) >= 11 is 0. The second-order valence-electron chi connectivity index (χ2n) is 7.19. The number of hydrogen-bond acceptors (Lipinski definition) is 4. The number of nitrogens with zero attached hydrogens (tertiary/aromatic N) is 1. The van der Waals surface area contributed by atoms with Crippen molar-refractivity contribution in [3.05, 3.63) is 0 Å². The normalized spacial score (nSPS) is 28.1. The van der Waals surface area contributed by atoms with Crippen molar-refractivity contribution in [1.82, 2.24) is 10.2 Å². The van der Waals surface area contributed by atoms with Crippen LogP contribution >= 0.6 is 0 Å². The summed E-state index contributed by atoms with van der Waals surface area (Å²) in [4.78, 5) is 14.7. The third-order valence-corrected chi connectivity index (χ3v) is 7.96. The highest BCUT2D eigenvalue weighted by Gasteiger charge is 2.52. The van der Waals surface area contributed by atoms with Gasteiger partial charge in [0.05, 0.1) is 0 Å². The minimum absolute atomic E-state index is 0.122. The molecule has 6 heteroatoms. The van der Waals surface area contributed by atoms with E-state index in [1.54, 1.807) is 0 Å². The Labute approximate surface area is 127 Å². The molecule has 5 nitrogen and oxygen atoms in total. The molecule has 1 saturated carbocycles. The molecule has 3 aliphatic rings. The molecule has 1 spiro atoms. The van der Waals surface area contributed by atoms with Gasteiger partial charge in [0, 0.05) is 25.9 Å². The predicted molar refractivity (Wildman–Crippen MR) is 81.8 cm³/mol. The first-order valence-electron chi connectivity index (χ1n) is 8.08. The third kappa shape index (κ3) is 2.50. The summed E-state index contributed by atoms with van der Waals surface area (Å²) in [5.74, 6) is -0.122. The lowest BCUT2D eigenvalue weighted by molar-refractivity contribution is -0.136. The number of amides is 1. The van der Waals surface area contributed by atoms with Crippen LogP contribution in [-0.2, 0) is 14.6 Å². The molecule has 120 valence electrons. The highest BCUT2D eigenvalue weighted by Crippen LogP contribution is 2.41. The quantitative estimate of drug-likeness (QED) is 0.824. The van der Waals surface area contributed by atoms with E-state index in [4.69, 9.17) is 0 Å². The van der Waals surface area contributed by atoms with Crippen LogP contribution < -0.4 is 5.32 Å². The smallest absolute Gasteiger partial charge is 0.244 e. The van der Waals surface area contributed by atoms with Gasteiger partial charge in [-0.15, -0.1) is 0 Å². The first kappa shape index (κ1) is 15.3. The van der Waals surface area contributed by atoms with Crippen molar-refractivity contribution >= 4 is 15.7 Å². The minimum Gasteiger partial charge on any atom is -0.341 e. The number of hydrogen-bond donors (Lipinski definition) is 1. The fourth-order valence-corrected chi connectivity index (χ4v) is 5.86. The van der Waals surface area contributed by atoms with E-state index in [0.29, 0.717) is 18.3 Å². The van der Waals surface area contributed by atoms with Gasteiger partial charge in [0.2, 0.25) is 5.91 Å². The fraction of sp³-hybridized carbons (Fsp3) is 0.933. The Morgan fingerprint density at radius 2 is 1.67 bits per heavy atom. The Kier molecular flexibility index (Phi) is 3.81. The monoisotopic (exact) mass is 314 g/mol. The summed E-state index contributed by atoms with van der Waals surface area (Å²) in [6, 6.07) is 0. The van der Waals surface area contributed by atoms with Gasteiger partial charge >= 0.3 is 0 Å². The molecule has 3 rings (SSSR count). The largest absolute Gasteiger partial charge is 0.341 e. The second-order valence-corrected chi connectivity index (χ2v) is 9.52. The van der Waals surface area contributed by atoms with Crippen molar-refractivity contribution < 1.29 is 13.2 Å². The van der Waals surface area contributed by atoms with Gasteiger partial charge in [0.15, 0.2) is 14.6 Å². The molecule has 0 bridgehead atoms. The van der Waals surface area contributed by atoms with Gasteiger partial charge in [-0.2, -0.15) is 0 Å². The Bertz CT molecular complexity index is 507. The van der Waals surface area contributed by atoms with Gasteiger partial charge in [-0.25, -0.2) is 8.42 Å². The molecule has 2 saturated heterocycles. The van der Waals surface area contributed by atoms with Gasteiger partial charge in [0.1, 0.15) is 0 Å². The fourth-order valence-electron chi connectivity index (χ4n) is 4.38. The number of rotatable bonds is 2. The van der Waals surface area contributed by atoms with Gasteiger partial charge in [-0.3, -0.25) is 4.79 Å². The standard InChI is InChI=1S/C15H26N2O3S/c1-21(19,20)15(4-2-3-5-15)13(18)17-10-7-14(8-11-17)6-9-16-12-14/h16H,2-12H2,1H3. The van der Waals surface area contributed by atoms with Crippen LogP contribution in [0, 0.1) is 5.41 Å².